The lowest BCUT2D eigenvalue weighted by Gasteiger charge is -1.99. The van der Waals surface area contributed by atoms with Crippen molar-refractivity contribution in [1.29, 1.82) is 0 Å². The molecule has 0 aromatic carbocycles. The van der Waals surface area contributed by atoms with Gasteiger partial charge in [0.15, 0.2) is 5.78 Å². The molecule has 1 rings (SSSR count). The van der Waals surface area contributed by atoms with Crippen molar-refractivity contribution < 1.29 is 9.53 Å². The van der Waals surface area contributed by atoms with Crippen LogP contribution in [-0.4, -0.2) is 22.4 Å². The van der Waals surface area contributed by atoms with Crippen molar-refractivity contribution in [3.05, 3.63) is 28.4 Å². The zero-order valence-corrected chi connectivity index (χ0v) is 11.2. The molecule has 0 saturated carbocycles. The lowest BCUT2D eigenvalue weighted by Crippen LogP contribution is -2.10. The highest BCUT2D eigenvalue weighted by Gasteiger charge is 1.95. The van der Waals surface area contributed by atoms with E-state index in [0.29, 0.717) is 0 Å². The second-order valence-electron chi connectivity index (χ2n) is 2.62. The molecule has 0 radical (unpaired) electrons. The Labute approximate surface area is 102 Å². The van der Waals surface area contributed by atoms with Crippen LogP contribution in [0.4, 0.5) is 0 Å². The number of ketones is 1. The third-order valence-electron chi connectivity index (χ3n) is 1.30. The van der Waals surface area contributed by atoms with Crippen LogP contribution in [0.5, 0.6) is 0 Å². The number of carbonyl (C=O) groups is 1. The molecule has 98 valence electrons. The van der Waals surface area contributed by atoms with E-state index in [-0.39, 0.29) is 19.0 Å². The average molecular weight is 242 g/mol. The van der Waals surface area contributed by atoms with Gasteiger partial charge in [-0.2, -0.15) is 0 Å². The molecular formula is C12H22N2O3. The standard InChI is InChI=1S/C8H10N2O3.2C2H6/c1-6(11)4-13-5-7-2-9-8(12)10-3-7;2*1-2/h2-3H,4-5H2,1H3,(H,9,10,12);2*1-2H3. The molecule has 1 heterocycles. The topological polar surface area (TPSA) is 72.0 Å². The SMILES string of the molecule is CC.CC.CC(=O)COCc1cnc(=O)[nH]c1. The first-order chi connectivity index (χ1) is 8.18. The summed E-state index contributed by atoms with van der Waals surface area (Å²) in [4.78, 5) is 26.9. The van der Waals surface area contributed by atoms with Crippen molar-refractivity contribution in [2.24, 2.45) is 0 Å². The monoisotopic (exact) mass is 242 g/mol. The van der Waals surface area contributed by atoms with Crippen LogP contribution in [-0.2, 0) is 16.1 Å². The van der Waals surface area contributed by atoms with Crippen molar-refractivity contribution >= 4 is 5.78 Å². The Bertz CT molecular complexity index is 327. The molecule has 0 atom stereocenters. The summed E-state index contributed by atoms with van der Waals surface area (Å²) < 4.78 is 5.01. The lowest BCUT2D eigenvalue weighted by molar-refractivity contribution is -0.121. The highest BCUT2D eigenvalue weighted by molar-refractivity contribution is 5.76. The molecule has 1 N–H and O–H groups in total. The average Bonchev–Trinajstić information content (AvgIpc) is 2.36. The van der Waals surface area contributed by atoms with E-state index < -0.39 is 5.69 Å². The zero-order chi connectivity index (χ0) is 13.7. The summed E-state index contributed by atoms with van der Waals surface area (Å²) >= 11 is 0. The van der Waals surface area contributed by atoms with Crippen molar-refractivity contribution in [2.75, 3.05) is 6.61 Å². The molecule has 0 aliphatic rings. The predicted molar refractivity (Wildman–Crippen MR) is 67.9 cm³/mol. The van der Waals surface area contributed by atoms with Crippen LogP contribution in [0.15, 0.2) is 17.2 Å². The third-order valence-corrected chi connectivity index (χ3v) is 1.30. The number of hydrogen-bond donors (Lipinski definition) is 1. The number of nitrogens with one attached hydrogen (secondary N) is 1. The Hall–Kier alpha value is -1.49. The van der Waals surface area contributed by atoms with Gasteiger partial charge in [0, 0.05) is 18.0 Å². The van der Waals surface area contributed by atoms with Crippen LogP contribution in [0.3, 0.4) is 0 Å². The summed E-state index contributed by atoms with van der Waals surface area (Å²) in [5.74, 6) is -0.0302. The number of hydrogen-bond acceptors (Lipinski definition) is 4. The molecule has 0 unspecified atom stereocenters. The van der Waals surface area contributed by atoms with Gasteiger partial charge in [-0.3, -0.25) is 4.79 Å². The number of aromatic nitrogens is 2. The fourth-order valence-electron chi connectivity index (χ4n) is 0.762. The second-order valence-corrected chi connectivity index (χ2v) is 2.62. The molecule has 0 aliphatic heterocycles. The summed E-state index contributed by atoms with van der Waals surface area (Å²) in [6.07, 6.45) is 2.93. The molecule has 1 aromatic heterocycles. The van der Waals surface area contributed by atoms with E-state index in [2.05, 4.69) is 9.97 Å². The van der Waals surface area contributed by atoms with Crippen LogP contribution in [0.2, 0.25) is 0 Å². The van der Waals surface area contributed by atoms with Crippen molar-refractivity contribution in [1.82, 2.24) is 9.97 Å². The van der Waals surface area contributed by atoms with Gasteiger partial charge in [-0.25, -0.2) is 9.78 Å². The Morgan fingerprint density at radius 3 is 2.35 bits per heavy atom. The van der Waals surface area contributed by atoms with E-state index in [1.54, 1.807) is 0 Å². The zero-order valence-electron chi connectivity index (χ0n) is 11.2. The molecule has 0 fully saturated rings. The Balaban J connectivity index is 0. The first kappa shape index (κ1) is 17.9. The molecule has 0 amide bonds. The van der Waals surface area contributed by atoms with Crippen LogP contribution in [0.25, 0.3) is 0 Å². The fourth-order valence-corrected chi connectivity index (χ4v) is 0.762. The minimum Gasteiger partial charge on any atom is -0.369 e. The Morgan fingerprint density at radius 2 is 1.94 bits per heavy atom. The summed E-state index contributed by atoms with van der Waals surface area (Å²) in [6.45, 7) is 9.81. The number of ether oxygens (including phenoxy) is 1. The van der Waals surface area contributed by atoms with Gasteiger partial charge in [0.2, 0.25) is 0 Å². The molecule has 0 spiro atoms. The first-order valence-corrected chi connectivity index (χ1v) is 5.79. The van der Waals surface area contributed by atoms with E-state index in [4.69, 9.17) is 4.74 Å². The largest absolute Gasteiger partial charge is 0.369 e. The van der Waals surface area contributed by atoms with Crippen LogP contribution in [0, 0.1) is 0 Å². The summed E-state index contributed by atoms with van der Waals surface area (Å²) in [5.41, 5.74) is 0.344. The van der Waals surface area contributed by atoms with Gasteiger partial charge in [-0.05, 0) is 6.92 Å². The van der Waals surface area contributed by atoms with Gasteiger partial charge in [-0.15, -0.1) is 0 Å². The molecule has 17 heavy (non-hydrogen) atoms. The van der Waals surface area contributed by atoms with Crippen LogP contribution in [0.1, 0.15) is 40.2 Å². The number of carbonyl (C=O) groups excluding carboxylic acids is 1. The maximum absolute atomic E-state index is 10.5. The normalized spacial score (nSPS) is 8.29. The Morgan fingerprint density at radius 1 is 1.35 bits per heavy atom. The molecule has 0 bridgehead atoms. The van der Waals surface area contributed by atoms with Gasteiger partial charge >= 0.3 is 5.69 Å². The van der Waals surface area contributed by atoms with Crippen LogP contribution >= 0.6 is 0 Å². The van der Waals surface area contributed by atoms with E-state index in [0.717, 1.165) is 5.56 Å². The van der Waals surface area contributed by atoms with E-state index in [1.807, 2.05) is 27.7 Å². The molecule has 5 nitrogen and oxygen atoms in total. The smallest absolute Gasteiger partial charge is 0.344 e. The summed E-state index contributed by atoms with van der Waals surface area (Å²) in [5, 5.41) is 0. The summed E-state index contributed by atoms with van der Waals surface area (Å²) in [6, 6.07) is 0. The van der Waals surface area contributed by atoms with E-state index >= 15 is 0 Å². The maximum Gasteiger partial charge on any atom is 0.344 e. The molecule has 0 saturated heterocycles. The fraction of sp³-hybridized carbons (Fsp3) is 0.583. The van der Waals surface area contributed by atoms with Gasteiger partial charge < -0.3 is 9.72 Å². The number of rotatable bonds is 4. The second kappa shape index (κ2) is 12.6. The summed E-state index contributed by atoms with van der Waals surface area (Å²) in [7, 11) is 0. The maximum atomic E-state index is 10.5. The highest BCUT2D eigenvalue weighted by Crippen LogP contribution is 1.94. The van der Waals surface area contributed by atoms with Crippen LogP contribution < -0.4 is 5.69 Å². The minimum absolute atomic E-state index is 0.0302. The van der Waals surface area contributed by atoms with Gasteiger partial charge in [0.05, 0.1) is 6.61 Å². The third kappa shape index (κ3) is 10.8. The van der Waals surface area contributed by atoms with E-state index in [1.165, 1.54) is 19.3 Å². The number of H-pyrrole nitrogens is 1. The van der Waals surface area contributed by atoms with Crippen molar-refractivity contribution in [3.63, 3.8) is 0 Å². The lowest BCUT2D eigenvalue weighted by atomic mass is 10.4. The predicted octanol–water partition coefficient (Wildman–Crippen LogP) is 1.93. The quantitative estimate of drug-likeness (QED) is 0.875. The van der Waals surface area contributed by atoms with Gasteiger partial charge in [-0.1, -0.05) is 27.7 Å². The van der Waals surface area contributed by atoms with Gasteiger partial charge in [0.1, 0.15) is 6.61 Å². The molecule has 0 aliphatic carbocycles. The van der Waals surface area contributed by atoms with Gasteiger partial charge in [0.25, 0.3) is 0 Å². The van der Waals surface area contributed by atoms with E-state index in [9.17, 15) is 9.59 Å². The Kier molecular flexibility index (Phi) is 13.2. The van der Waals surface area contributed by atoms with Crippen molar-refractivity contribution in [2.45, 2.75) is 41.2 Å². The number of Topliss-reactive ketones (excluding diaryl/α,β-unsaturated/α-hetero) is 1. The molecule has 1 aromatic rings. The number of aromatic amines is 1. The molecular weight excluding hydrogens is 220 g/mol. The first-order valence-electron chi connectivity index (χ1n) is 5.79. The highest BCUT2D eigenvalue weighted by atomic mass is 16.5. The minimum atomic E-state index is -0.393. The molecule has 5 heteroatoms. The van der Waals surface area contributed by atoms with Crippen molar-refractivity contribution in [3.8, 4) is 0 Å². The number of nitrogens with zero attached hydrogens (tertiary/aromatic N) is 1.